The number of hydrogen-bond acceptors (Lipinski definition) is 11. The second kappa shape index (κ2) is 15.0. The number of aliphatic hydroxyl groups excluding tert-OH is 4. The molecule has 2 saturated heterocycles. The summed E-state index contributed by atoms with van der Waals surface area (Å²) < 4.78 is 25.2. The molecular weight excluding hydrogens is 720 g/mol. The average molecular weight is 771 g/mol. The minimum Gasteiger partial charge on any atom is -0.506 e. The Hall–Kier alpha value is -4.14. The molecule has 0 aromatic heterocycles. The predicted molar refractivity (Wildman–Crippen MR) is 204 cm³/mol. The van der Waals surface area contributed by atoms with Crippen LogP contribution >= 0.6 is 0 Å². The number of carboxylic acids is 1. The zero-order valence-corrected chi connectivity index (χ0v) is 31.6. The van der Waals surface area contributed by atoms with Gasteiger partial charge in [0.1, 0.15) is 35.4 Å². The molecule has 3 aliphatic heterocycles. The Morgan fingerprint density at radius 1 is 1.07 bits per heavy atom. The van der Waals surface area contributed by atoms with Gasteiger partial charge in [0.15, 0.2) is 5.78 Å². The van der Waals surface area contributed by atoms with Gasteiger partial charge in [0.2, 0.25) is 6.29 Å². The number of rotatable bonds is 10. The number of phenols is 1. The molecule has 3 aromatic carbocycles. The maximum Gasteiger partial charge on any atom is 0.335 e. The van der Waals surface area contributed by atoms with Crippen molar-refractivity contribution in [3.63, 3.8) is 0 Å². The number of carbonyl (C=O) groups excluding carboxylic acids is 1. The first-order valence-electron chi connectivity index (χ1n) is 19.6. The minimum absolute atomic E-state index is 0.0261. The van der Waals surface area contributed by atoms with Crippen molar-refractivity contribution in [2.45, 2.75) is 82.6 Å². The van der Waals surface area contributed by atoms with E-state index in [1.165, 1.54) is 17.7 Å². The topological polar surface area (TPSA) is 192 Å². The quantitative estimate of drug-likeness (QED) is 0.157. The Labute approximate surface area is 325 Å². The Kier molecular flexibility index (Phi) is 10.4. The number of Topliss-reactive ketones (excluding diaryl/α,β-unsaturated/α-hetero) is 1. The number of aromatic hydroxyl groups is 1. The van der Waals surface area contributed by atoms with Crippen LogP contribution in [0.25, 0.3) is 10.8 Å². The lowest BCUT2D eigenvalue weighted by Gasteiger charge is -2.57. The Morgan fingerprint density at radius 2 is 1.86 bits per heavy atom. The second-order valence-corrected chi connectivity index (χ2v) is 16.3. The number of hydrogen-bond donors (Lipinski definition) is 6. The molecule has 3 aromatic rings. The molecule has 3 heterocycles. The highest BCUT2D eigenvalue weighted by atomic mass is 16.7. The van der Waals surface area contributed by atoms with Crippen LogP contribution < -0.4 is 4.74 Å². The number of allylic oxidation sites excluding steroid dienone is 2. The zero-order chi connectivity index (χ0) is 39.5. The molecule has 0 radical (unpaired) electrons. The average Bonchev–Trinajstić information content (AvgIpc) is 3.55. The summed E-state index contributed by atoms with van der Waals surface area (Å²) in [4.78, 5) is 25.9. The summed E-state index contributed by atoms with van der Waals surface area (Å²) in [6, 6.07) is 13.6. The fraction of sp³-hybridized carbons (Fsp3) is 0.500. The van der Waals surface area contributed by atoms with Gasteiger partial charge in [0.25, 0.3) is 0 Å². The fourth-order valence-corrected chi connectivity index (χ4v) is 10.7. The van der Waals surface area contributed by atoms with E-state index in [0.717, 1.165) is 23.1 Å². The minimum atomic E-state index is -1.74. The summed E-state index contributed by atoms with van der Waals surface area (Å²) in [5.74, 6) is -2.01. The highest BCUT2D eigenvalue weighted by Crippen LogP contribution is 2.63. The number of aryl methyl sites for hydroxylation is 2. The summed E-state index contributed by atoms with van der Waals surface area (Å²) in [7, 11) is 0. The third-order valence-electron chi connectivity index (χ3n) is 13.4. The van der Waals surface area contributed by atoms with E-state index < -0.39 is 48.5 Å². The predicted octanol–water partition coefficient (Wildman–Crippen LogP) is 4.64. The van der Waals surface area contributed by atoms with E-state index >= 15 is 0 Å². The third-order valence-corrected chi connectivity index (χ3v) is 13.4. The molecule has 3 fully saturated rings. The van der Waals surface area contributed by atoms with Crippen molar-refractivity contribution in [3.05, 3.63) is 93.6 Å². The van der Waals surface area contributed by atoms with E-state index in [9.17, 15) is 40.2 Å². The number of ketones is 1. The lowest BCUT2D eigenvalue weighted by molar-refractivity contribution is -0.325. The van der Waals surface area contributed by atoms with Crippen LogP contribution in [0.1, 0.15) is 70.9 Å². The number of benzene rings is 3. The first-order chi connectivity index (χ1) is 26.9. The van der Waals surface area contributed by atoms with Crippen molar-refractivity contribution in [3.8, 4) is 11.5 Å². The van der Waals surface area contributed by atoms with Gasteiger partial charge in [-0.2, -0.15) is 0 Å². The van der Waals surface area contributed by atoms with Crippen LogP contribution in [0.2, 0.25) is 0 Å². The first kappa shape index (κ1) is 38.7. The molecule has 2 aliphatic carbocycles. The third kappa shape index (κ3) is 6.17. The van der Waals surface area contributed by atoms with Crippen LogP contribution in [0.4, 0.5) is 0 Å². The Morgan fingerprint density at radius 3 is 2.59 bits per heavy atom. The number of aromatic carboxylic acids is 1. The maximum atomic E-state index is 13.6. The molecule has 9 atom stereocenters. The van der Waals surface area contributed by atoms with E-state index in [-0.39, 0.29) is 82.7 Å². The first-order valence-corrected chi connectivity index (χ1v) is 19.6. The number of fused-ring (bicyclic) bond motifs is 3. The molecule has 0 amide bonds. The largest absolute Gasteiger partial charge is 0.506 e. The molecule has 0 bridgehead atoms. The number of phenolic OH excluding ortho intramolecular Hbond substituents is 1. The molecule has 5 aliphatic rings. The SMILES string of the molecule is Cc1cc2cc(C(=O)O)cc(OC3OC(CO)C4(CC5C6=C(CC=C6C6(CCO)COCCC6C5C)CO4)C(O)C3O)c2c(O)c1C(=O)CCc1ccccc1. The van der Waals surface area contributed by atoms with Crippen LogP contribution in [0.5, 0.6) is 11.5 Å². The van der Waals surface area contributed by atoms with Crippen LogP contribution in [-0.4, -0.2) is 106 Å². The van der Waals surface area contributed by atoms with E-state index in [1.54, 1.807) is 13.0 Å². The normalized spacial score (nSPS) is 32.5. The van der Waals surface area contributed by atoms with Crippen molar-refractivity contribution in [1.82, 2.24) is 0 Å². The fourth-order valence-electron chi connectivity index (χ4n) is 10.7. The van der Waals surface area contributed by atoms with E-state index in [1.807, 2.05) is 30.3 Å². The molecule has 6 N–H and O–H groups in total. The number of ether oxygens (including phenoxy) is 4. The van der Waals surface area contributed by atoms with Crippen molar-refractivity contribution >= 4 is 22.5 Å². The Bertz CT molecular complexity index is 2080. The van der Waals surface area contributed by atoms with Crippen LogP contribution in [0.3, 0.4) is 0 Å². The van der Waals surface area contributed by atoms with Gasteiger partial charge in [-0.3, -0.25) is 4.79 Å². The van der Waals surface area contributed by atoms with Gasteiger partial charge in [-0.15, -0.1) is 0 Å². The summed E-state index contributed by atoms with van der Waals surface area (Å²) in [5, 5.41) is 67.1. The van der Waals surface area contributed by atoms with Gasteiger partial charge in [0, 0.05) is 25.0 Å². The van der Waals surface area contributed by atoms with Crippen molar-refractivity contribution in [1.29, 1.82) is 0 Å². The smallest absolute Gasteiger partial charge is 0.335 e. The summed E-state index contributed by atoms with van der Waals surface area (Å²) >= 11 is 0. The monoisotopic (exact) mass is 770 g/mol. The molecule has 1 saturated carbocycles. The molecule has 56 heavy (non-hydrogen) atoms. The molecule has 9 unspecified atom stereocenters. The summed E-state index contributed by atoms with van der Waals surface area (Å²) in [6.45, 7) is 4.54. The highest BCUT2D eigenvalue weighted by molar-refractivity contribution is 6.09. The number of carbonyl (C=O) groups is 2. The van der Waals surface area contributed by atoms with Crippen molar-refractivity contribution < 1.29 is 59.2 Å². The highest BCUT2D eigenvalue weighted by Gasteiger charge is 2.63. The lowest BCUT2D eigenvalue weighted by atomic mass is 9.51. The Balaban J connectivity index is 1.11. The van der Waals surface area contributed by atoms with Crippen LogP contribution in [0.15, 0.2) is 71.3 Å². The van der Waals surface area contributed by atoms with Crippen molar-refractivity contribution in [2.24, 2.45) is 23.2 Å². The van der Waals surface area contributed by atoms with Gasteiger partial charge < -0.3 is 49.6 Å². The zero-order valence-electron chi connectivity index (χ0n) is 31.6. The molecule has 1 spiro atoms. The van der Waals surface area contributed by atoms with Gasteiger partial charge in [-0.1, -0.05) is 49.4 Å². The summed E-state index contributed by atoms with van der Waals surface area (Å²) in [5.41, 5.74) is 2.79. The van der Waals surface area contributed by atoms with Gasteiger partial charge in [0.05, 0.1) is 36.3 Å². The molecular formula is C44H50O12. The lowest BCUT2D eigenvalue weighted by Crippen LogP contribution is -2.69. The van der Waals surface area contributed by atoms with Gasteiger partial charge >= 0.3 is 5.97 Å². The number of aliphatic hydroxyl groups is 4. The maximum absolute atomic E-state index is 13.6. The molecule has 12 heteroatoms. The summed E-state index contributed by atoms with van der Waals surface area (Å²) in [6.07, 6.45) is -1.12. The van der Waals surface area contributed by atoms with Gasteiger partial charge in [-0.25, -0.2) is 4.79 Å². The second-order valence-electron chi connectivity index (χ2n) is 16.3. The molecule has 12 nitrogen and oxygen atoms in total. The van der Waals surface area contributed by atoms with Crippen molar-refractivity contribution in [2.75, 3.05) is 33.0 Å². The standard InChI is InChI=1S/C44H50O12/c1-23-16-27-17-28(41(51)52)18-33(37(27)38(48)35(23)32(47)11-8-25-6-4-3-5-7-25)55-42-39(49)40(50)44(34(20-46)56-42)19-29-24(2)30-12-15-53-22-43(30,13-14-45)31-10-9-26(21-54-44)36(29)31/h3-7,10,16-18,24,29-30,34,39-40,42,45-46,48-50H,8-9,11-15,19-22H2,1-2H3,(H,51,52). The molecule has 298 valence electrons. The molecule has 8 rings (SSSR count). The van der Waals surface area contributed by atoms with E-state index in [2.05, 4.69) is 13.0 Å². The van der Waals surface area contributed by atoms with Gasteiger partial charge in [-0.05, 0) is 102 Å². The van der Waals surface area contributed by atoms with Crippen LogP contribution in [-0.2, 0) is 20.6 Å². The van der Waals surface area contributed by atoms with E-state index in [4.69, 9.17) is 18.9 Å². The van der Waals surface area contributed by atoms with E-state index in [0.29, 0.717) is 38.0 Å². The number of carboxylic acid groups (broad SMARTS) is 1. The van der Waals surface area contributed by atoms with Crippen LogP contribution in [0, 0.1) is 30.1 Å².